The van der Waals surface area contributed by atoms with E-state index in [2.05, 4.69) is 38.4 Å². The van der Waals surface area contributed by atoms with Crippen molar-refractivity contribution in [3.05, 3.63) is 24.3 Å². The van der Waals surface area contributed by atoms with E-state index in [1.165, 1.54) is 0 Å². The fourth-order valence-electron chi connectivity index (χ4n) is 5.08. The van der Waals surface area contributed by atoms with E-state index >= 15 is 0 Å². The number of H-pyrrole nitrogens is 1. The molecule has 3 aromatic rings. The first-order valence-corrected chi connectivity index (χ1v) is 12.1. The Morgan fingerprint density at radius 1 is 1.28 bits per heavy atom. The van der Waals surface area contributed by atoms with E-state index in [0.717, 1.165) is 41.9 Å². The molecule has 0 amide bonds. The van der Waals surface area contributed by atoms with E-state index in [-0.39, 0.29) is 23.0 Å². The highest BCUT2D eigenvalue weighted by Crippen LogP contribution is 2.53. The van der Waals surface area contributed by atoms with Crippen LogP contribution >= 0.6 is 0 Å². The quantitative estimate of drug-likeness (QED) is 0.636. The number of fused-ring (bicyclic) bond motifs is 3. The SMILES string of the molecule is CCN(CC)S(=O)(=O)C[C@H]1C[C@@H](c2nnc3cnc4[nH]ccc4n23)C(C)(CC)C1. The molecule has 29 heavy (non-hydrogen) atoms. The van der Waals surface area contributed by atoms with E-state index in [1.807, 2.05) is 26.1 Å². The molecule has 1 N–H and O–H groups in total. The predicted molar refractivity (Wildman–Crippen MR) is 113 cm³/mol. The van der Waals surface area contributed by atoms with Crippen molar-refractivity contribution in [1.82, 2.24) is 28.9 Å². The van der Waals surface area contributed by atoms with Gasteiger partial charge in [-0.15, -0.1) is 10.2 Å². The molecule has 3 heterocycles. The standard InChI is InChI=1S/C20H30N6O2S/c1-5-20(4)11-14(13-29(27,28)25(6-2)7-3)10-15(20)19-24-23-17-12-22-18-16(26(17)19)8-9-21-18/h8-9,12,14-15,21H,5-7,10-11,13H2,1-4H3/t14-,15-,20?/m0/s1. The van der Waals surface area contributed by atoms with Crippen LogP contribution in [0, 0.1) is 11.3 Å². The summed E-state index contributed by atoms with van der Waals surface area (Å²) in [5.74, 6) is 1.39. The highest BCUT2D eigenvalue weighted by molar-refractivity contribution is 7.89. The molecule has 4 rings (SSSR count). The maximum Gasteiger partial charge on any atom is 0.214 e. The molecule has 9 heteroatoms. The fourth-order valence-corrected chi connectivity index (χ4v) is 6.93. The molecule has 8 nitrogen and oxygen atoms in total. The van der Waals surface area contributed by atoms with E-state index in [4.69, 9.17) is 0 Å². The molecule has 0 saturated heterocycles. The number of hydrogen-bond donors (Lipinski definition) is 1. The van der Waals surface area contributed by atoms with Crippen LogP contribution in [-0.4, -0.2) is 56.1 Å². The summed E-state index contributed by atoms with van der Waals surface area (Å²) >= 11 is 0. The lowest BCUT2D eigenvalue weighted by Crippen LogP contribution is -2.34. The second-order valence-corrected chi connectivity index (χ2v) is 10.5. The van der Waals surface area contributed by atoms with Crippen LogP contribution < -0.4 is 0 Å². The summed E-state index contributed by atoms with van der Waals surface area (Å²) in [6.07, 6.45) is 6.25. The van der Waals surface area contributed by atoms with Crippen molar-refractivity contribution < 1.29 is 8.42 Å². The van der Waals surface area contributed by atoms with Gasteiger partial charge in [0.25, 0.3) is 0 Å². The van der Waals surface area contributed by atoms with Crippen molar-refractivity contribution in [2.75, 3.05) is 18.8 Å². The zero-order valence-electron chi connectivity index (χ0n) is 17.6. The van der Waals surface area contributed by atoms with Gasteiger partial charge in [-0.05, 0) is 30.2 Å². The third kappa shape index (κ3) is 3.34. The van der Waals surface area contributed by atoms with Gasteiger partial charge < -0.3 is 4.98 Å². The van der Waals surface area contributed by atoms with E-state index in [1.54, 1.807) is 10.5 Å². The second-order valence-electron chi connectivity index (χ2n) is 8.45. The van der Waals surface area contributed by atoms with Crippen molar-refractivity contribution in [3.63, 3.8) is 0 Å². The number of sulfonamides is 1. The Hall–Kier alpha value is -2.00. The van der Waals surface area contributed by atoms with Crippen LogP contribution in [0.3, 0.4) is 0 Å². The number of aromatic nitrogens is 5. The molecule has 0 aromatic carbocycles. The Morgan fingerprint density at radius 2 is 2.03 bits per heavy atom. The first-order valence-electron chi connectivity index (χ1n) is 10.5. The van der Waals surface area contributed by atoms with Crippen LogP contribution in [0.25, 0.3) is 16.8 Å². The van der Waals surface area contributed by atoms with Crippen LogP contribution in [0.4, 0.5) is 0 Å². The Bertz CT molecular complexity index is 1120. The largest absolute Gasteiger partial charge is 0.345 e. The molecule has 0 radical (unpaired) electrons. The van der Waals surface area contributed by atoms with Gasteiger partial charge in [0.05, 0.1) is 17.5 Å². The van der Waals surface area contributed by atoms with Gasteiger partial charge in [0, 0.05) is 25.2 Å². The summed E-state index contributed by atoms with van der Waals surface area (Å²) in [5.41, 5.74) is 2.47. The normalized spacial score (nSPS) is 25.6. The van der Waals surface area contributed by atoms with Gasteiger partial charge in [0.2, 0.25) is 10.0 Å². The molecule has 3 aromatic heterocycles. The zero-order chi connectivity index (χ0) is 20.8. The minimum atomic E-state index is -3.25. The number of rotatable bonds is 7. The number of nitrogens with zero attached hydrogens (tertiary/aromatic N) is 5. The second kappa shape index (κ2) is 7.36. The van der Waals surface area contributed by atoms with Gasteiger partial charge >= 0.3 is 0 Å². The summed E-state index contributed by atoms with van der Waals surface area (Å²) in [7, 11) is -3.25. The Morgan fingerprint density at radius 3 is 2.72 bits per heavy atom. The van der Waals surface area contributed by atoms with Crippen molar-refractivity contribution in [2.45, 2.75) is 52.9 Å². The molecular formula is C20H30N6O2S. The third-order valence-corrected chi connectivity index (χ3v) is 8.99. The van der Waals surface area contributed by atoms with Gasteiger partial charge in [0.1, 0.15) is 5.82 Å². The van der Waals surface area contributed by atoms with Crippen molar-refractivity contribution in [3.8, 4) is 0 Å². The summed E-state index contributed by atoms with van der Waals surface area (Å²) < 4.78 is 29.4. The van der Waals surface area contributed by atoms with Gasteiger partial charge in [-0.1, -0.05) is 34.1 Å². The predicted octanol–water partition coefficient (Wildman–Crippen LogP) is 3.19. The molecule has 158 valence electrons. The van der Waals surface area contributed by atoms with E-state index in [9.17, 15) is 8.42 Å². The summed E-state index contributed by atoms with van der Waals surface area (Å²) in [5, 5.41) is 8.91. The number of hydrogen-bond acceptors (Lipinski definition) is 5. The fraction of sp³-hybridized carbons (Fsp3) is 0.650. The summed E-state index contributed by atoms with van der Waals surface area (Å²) in [6, 6.07) is 1.99. The molecule has 3 atom stereocenters. The molecule has 1 aliphatic carbocycles. The van der Waals surface area contributed by atoms with Crippen molar-refractivity contribution in [1.29, 1.82) is 0 Å². The summed E-state index contributed by atoms with van der Waals surface area (Å²) in [4.78, 5) is 7.55. The average molecular weight is 419 g/mol. The smallest absolute Gasteiger partial charge is 0.214 e. The average Bonchev–Trinajstić information content (AvgIpc) is 3.38. The van der Waals surface area contributed by atoms with Gasteiger partial charge in [0.15, 0.2) is 11.3 Å². The first-order chi connectivity index (χ1) is 13.8. The van der Waals surface area contributed by atoms with Gasteiger partial charge in [-0.2, -0.15) is 0 Å². The minimum absolute atomic E-state index is 0.0156. The molecular weight excluding hydrogens is 388 g/mol. The van der Waals surface area contributed by atoms with E-state index in [0.29, 0.717) is 13.1 Å². The Labute approximate surface area is 171 Å². The van der Waals surface area contributed by atoms with Gasteiger partial charge in [-0.25, -0.2) is 17.7 Å². The number of nitrogens with one attached hydrogen (secondary N) is 1. The van der Waals surface area contributed by atoms with Gasteiger partial charge in [-0.3, -0.25) is 4.40 Å². The zero-order valence-corrected chi connectivity index (χ0v) is 18.4. The minimum Gasteiger partial charge on any atom is -0.345 e. The highest BCUT2D eigenvalue weighted by Gasteiger charge is 2.47. The maximum absolute atomic E-state index is 12.9. The molecule has 0 bridgehead atoms. The molecule has 0 spiro atoms. The Balaban J connectivity index is 1.71. The number of aromatic amines is 1. The van der Waals surface area contributed by atoms with Crippen LogP contribution in [0.2, 0.25) is 0 Å². The third-order valence-electron chi connectivity index (χ3n) is 6.80. The molecule has 1 aliphatic rings. The van der Waals surface area contributed by atoms with Crippen molar-refractivity contribution in [2.24, 2.45) is 11.3 Å². The molecule has 0 aliphatic heterocycles. The van der Waals surface area contributed by atoms with Crippen LogP contribution in [-0.2, 0) is 10.0 Å². The molecule has 1 saturated carbocycles. The molecule has 1 unspecified atom stereocenters. The van der Waals surface area contributed by atoms with Crippen LogP contribution in [0.5, 0.6) is 0 Å². The topological polar surface area (TPSA) is 96.2 Å². The molecule has 1 fully saturated rings. The Kier molecular flexibility index (Phi) is 5.14. The maximum atomic E-state index is 12.9. The lowest BCUT2D eigenvalue weighted by Gasteiger charge is -2.29. The van der Waals surface area contributed by atoms with Crippen LogP contribution in [0.1, 0.15) is 58.7 Å². The first kappa shape index (κ1) is 20.3. The van der Waals surface area contributed by atoms with Crippen LogP contribution in [0.15, 0.2) is 18.5 Å². The monoisotopic (exact) mass is 418 g/mol. The highest BCUT2D eigenvalue weighted by atomic mass is 32.2. The van der Waals surface area contributed by atoms with Crippen molar-refractivity contribution >= 4 is 26.8 Å². The lowest BCUT2D eigenvalue weighted by molar-refractivity contribution is 0.267. The van der Waals surface area contributed by atoms with E-state index < -0.39 is 10.0 Å². The summed E-state index contributed by atoms with van der Waals surface area (Å²) in [6.45, 7) is 9.28. The lowest BCUT2D eigenvalue weighted by atomic mass is 9.77.